The topological polar surface area (TPSA) is 130 Å². The molecule has 0 saturated carbocycles. The number of alkyl halides is 3. The molecular formula is C12H12F3N4O5+. The molecule has 2 rings (SSSR count). The molecule has 0 bridgehead atoms. The molecule has 2 aromatic heterocycles. The van der Waals surface area contributed by atoms with Crippen LogP contribution in [0.3, 0.4) is 0 Å². The van der Waals surface area contributed by atoms with E-state index in [9.17, 15) is 18.0 Å². The smallest absolute Gasteiger partial charge is 0.481 e. The molecule has 2 heterocycles. The van der Waals surface area contributed by atoms with Crippen LogP contribution in [0.2, 0.25) is 0 Å². The standard InChI is InChI=1S/C10H10N4O3.C2HF3O2/c1-7-12-13-10(17-7)8-2-4-14(11-6-8)5-3-9(15)16;3-2(4,5)1(6)7/h2,4,6H,3,5H2,1H3;(H,6,7)/p+1. The molecule has 0 aromatic carbocycles. The fourth-order valence-corrected chi connectivity index (χ4v) is 1.27. The summed E-state index contributed by atoms with van der Waals surface area (Å²) in [6.45, 7) is 2.04. The minimum Gasteiger partial charge on any atom is -0.481 e. The van der Waals surface area contributed by atoms with Crippen LogP contribution in [-0.4, -0.2) is 43.6 Å². The van der Waals surface area contributed by atoms with E-state index < -0.39 is 18.1 Å². The summed E-state index contributed by atoms with van der Waals surface area (Å²) in [4.78, 5) is 19.3. The summed E-state index contributed by atoms with van der Waals surface area (Å²) in [5, 5.41) is 27.3. The second-order valence-electron chi connectivity index (χ2n) is 4.25. The summed E-state index contributed by atoms with van der Waals surface area (Å²) in [6.07, 6.45) is -1.80. The van der Waals surface area contributed by atoms with Crippen LogP contribution in [0.25, 0.3) is 11.5 Å². The lowest BCUT2D eigenvalue weighted by Crippen LogP contribution is -2.38. The van der Waals surface area contributed by atoms with Crippen LogP contribution in [0.5, 0.6) is 0 Å². The van der Waals surface area contributed by atoms with E-state index in [4.69, 9.17) is 19.4 Å². The Kier molecular flexibility index (Phi) is 6.32. The van der Waals surface area contributed by atoms with E-state index in [2.05, 4.69) is 15.3 Å². The number of rotatable bonds is 4. The van der Waals surface area contributed by atoms with Crippen LogP contribution in [0, 0.1) is 6.92 Å². The van der Waals surface area contributed by atoms with Gasteiger partial charge in [0.25, 0.3) is 0 Å². The number of aryl methyl sites for hydroxylation is 2. The number of hydrogen-bond donors (Lipinski definition) is 2. The molecule has 0 fully saturated rings. The molecule has 0 amide bonds. The van der Waals surface area contributed by atoms with Gasteiger partial charge in [0.1, 0.15) is 12.6 Å². The monoisotopic (exact) mass is 349 g/mol. The zero-order valence-electron chi connectivity index (χ0n) is 12.2. The van der Waals surface area contributed by atoms with Gasteiger partial charge in [0.15, 0.2) is 12.7 Å². The van der Waals surface area contributed by atoms with Gasteiger partial charge in [-0.05, 0) is 5.10 Å². The molecule has 12 heteroatoms. The fourth-order valence-electron chi connectivity index (χ4n) is 1.27. The number of nitrogens with zero attached hydrogens (tertiary/aromatic N) is 4. The van der Waals surface area contributed by atoms with Crippen molar-refractivity contribution in [3.63, 3.8) is 0 Å². The lowest BCUT2D eigenvalue weighted by atomic mass is 10.3. The Morgan fingerprint density at radius 2 is 1.92 bits per heavy atom. The highest BCUT2D eigenvalue weighted by Crippen LogP contribution is 2.14. The number of halogens is 3. The van der Waals surface area contributed by atoms with Crippen LogP contribution in [0.4, 0.5) is 13.2 Å². The van der Waals surface area contributed by atoms with Crippen molar-refractivity contribution in [3.05, 3.63) is 24.4 Å². The Bertz CT molecular complexity index is 699. The van der Waals surface area contributed by atoms with Crippen molar-refractivity contribution < 1.29 is 42.1 Å². The van der Waals surface area contributed by atoms with Crippen molar-refractivity contribution in [1.82, 2.24) is 15.3 Å². The second-order valence-corrected chi connectivity index (χ2v) is 4.25. The maximum absolute atomic E-state index is 10.6. The summed E-state index contributed by atoms with van der Waals surface area (Å²) >= 11 is 0. The van der Waals surface area contributed by atoms with Gasteiger partial charge < -0.3 is 14.6 Å². The van der Waals surface area contributed by atoms with Crippen LogP contribution in [-0.2, 0) is 16.1 Å². The first kappa shape index (κ1) is 19.0. The zero-order valence-corrected chi connectivity index (χ0v) is 12.2. The minimum absolute atomic E-state index is 0.0384. The van der Waals surface area contributed by atoms with Gasteiger partial charge in [0.2, 0.25) is 11.8 Å². The lowest BCUT2D eigenvalue weighted by molar-refractivity contribution is -0.752. The predicted molar refractivity (Wildman–Crippen MR) is 68.4 cm³/mol. The van der Waals surface area contributed by atoms with Crippen molar-refractivity contribution in [2.24, 2.45) is 0 Å². The maximum atomic E-state index is 10.6. The molecule has 0 aliphatic heterocycles. The molecule has 0 unspecified atom stereocenters. The normalized spacial score (nSPS) is 10.7. The van der Waals surface area contributed by atoms with Crippen molar-refractivity contribution >= 4 is 11.9 Å². The summed E-state index contributed by atoms with van der Waals surface area (Å²) in [6, 6.07) is 1.75. The highest BCUT2D eigenvalue weighted by atomic mass is 19.4. The molecule has 130 valence electrons. The highest BCUT2D eigenvalue weighted by Gasteiger charge is 2.38. The molecule has 0 atom stereocenters. The van der Waals surface area contributed by atoms with Gasteiger partial charge in [0, 0.05) is 13.0 Å². The zero-order chi connectivity index (χ0) is 18.3. The van der Waals surface area contributed by atoms with Gasteiger partial charge in [-0.15, -0.1) is 10.2 Å². The third-order valence-electron chi connectivity index (χ3n) is 2.34. The average Bonchev–Trinajstić information content (AvgIpc) is 2.92. The van der Waals surface area contributed by atoms with Crippen LogP contribution < -0.4 is 4.68 Å². The van der Waals surface area contributed by atoms with Crippen LogP contribution in [0.15, 0.2) is 22.9 Å². The van der Waals surface area contributed by atoms with Gasteiger partial charge in [-0.3, -0.25) is 4.79 Å². The van der Waals surface area contributed by atoms with E-state index >= 15 is 0 Å². The van der Waals surface area contributed by atoms with E-state index in [1.165, 1.54) is 0 Å². The predicted octanol–water partition coefficient (Wildman–Crippen LogP) is 0.836. The van der Waals surface area contributed by atoms with Crippen LogP contribution in [0.1, 0.15) is 12.3 Å². The Hall–Kier alpha value is -3.05. The third-order valence-corrected chi connectivity index (χ3v) is 2.34. The Labute approximate surface area is 132 Å². The minimum atomic E-state index is -5.08. The van der Waals surface area contributed by atoms with E-state index in [1.807, 2.05) is 0 Å². The fraction of sp³-hybridized carbons (Fsp3) is 0.333. The molecule has 0 aliphatic rings. The molecule has 0 radical (unpaired) electrons. The average molecular weight is 349 g/mol. The van der Waals surface area contributed by atoms with E-state index in [0.717, 1.165) is 0 Å². The molecule has 9 nitrogen and oxygen atoms in total. The first-order valence-corrected chi connectivity index (χ1v) is 6.27. The molecule has 2 aromatic rings. The van der Waals surface area contributed by atoms with Gasteiger partial charge in [-0.1, -0.05) is 4.68 Å². The Balaban J connectivity index is 0.000000351. The quantitative estimate of drug-likeness (QED) is 0.777. The lowest BCUT2D eigenvalue weighted by Gasteiger charge is -1.93. The van der Waals surface area contributed by atoms with Crippen molar-refractivity contribution in [1.29, 1.82) is 0 Å². The Morgan fingerprint density at radius 1 is 1.29 bits per heavy atom. The van der Waals surface area contributed by atoms with Gasteiger partial charge in [-0.25, -0.2) is 4.79 Å². The summed E-state index contributed by atoms with van der Waals surface area (Å²) in [5.74, 6) is -2.72. The first-order valence-electron chi connectivity index (χ1n) is 6.27. The molecule has 0 spiro atoms. The van der Waals surface area contributed by atoms with Crippen molar-refractivity contribution in [2.75, 3.05) is 0 Å². The van der Waals surface area contributed by atoms with E-state index in [1.54, 1.807) is 30.1 Å². The maximum Gasteiger partial charge on any atom is 0.490 e. The van der Waals surface area contributed by atoms with Gasteiger partial charge in [-0.2, -0.15) is 13.2 Å². The Morgan fingerprint density at radius 3 is 2.29 bits per heavy atom. The molecular weight excluding hydrogens is 337 g/mol. The largest absolute Gasteiger partial charge is 0.490 e. The van der Waals surface area contributed by atoms with E-state index in [-0.39, 0.29) is 6.42 Å². The van der Waals surface area contributed by atoms with Crippen molar-refractivity contribution in [2.45, 2.75) is 26.1 Å². The number of hydrogen-bond acceptors (Lipinski definition) is 6. The molecule has 0 saturated heterocycles. The SMILES string of the molecule is Cc1nnc(-c2cc[n+](CCC(=O)O)nc2)o1.O=C(O)C(F)(F)F. The van der Waals surface area contributed by atoms with Gasteiger partial charge >= 0.3 is 18.1 Å². The molecule has 2 N–H and O–H groups in total. The summed E-state index contributed by atoms with van der Waals surface area (Å²) in [5.41, 5.74) is 0.706. The van der Waals surface area contributed by atoms with E-state index in [0.29, 0.717) is 23.9 Å². The van der Waals surface area contributed by atoms with Gasteiger partial charge in [0.05, 0.1) is 5.56 Å². The first-order chi connectivity index (χ1) is 11.1. The summed E-state index contributed by atoms with van der Waals surface area (Å²) in [7, 11) is 0. The highest BCUT2D eigenvalue weighted by molar-refractivity contribution is 5.73. The molecule has 24 heavy (non-hydrogen) atoms. The number of aromatic nitrogens is 4. The van der Waals surface area contributed by atoms with Crippen molar-refractivity contribution in [3.8, 4) is 11.5 Å². The number of carbonyl (C=O) groups is 2. The third kappa shape index (κ3) is 6.37. The number of carboxylic acid groups (broad SMARTS) is 2. The number of carboxylic acids is 2. The second kappa shape index (κ2) is 7.99. The summed E-state index contributed by atoms with van der Waals surface area (Å²) < 4.78 is 38.5. The molecule has 0 aliphatic carbocycles. The van der Waals surface area contributed by atoms with Crippen LogP contribution >= 0.6 is 0 Å². The number of aliphatic carboxylic acids is 2.